The number of aromatic nitrogens is 2. The van der Waals surface area contributed by atoms with Crippen LogP contribution < -0.4 is 4.74 Å². The third-order valence-corrected chi connectivity index (χ3v) is 5.53. The molecule has 1 aliphatic rings. The van der Waals surface area contributed by atoms with Crippen LogP contribution in [0, 0.1) is 5.82 Å². The van der Waals surface area contributed by atoms with Gasteiger partial charge in [-0.2, -0.15) is 0 Å². The number of benzene rings is 1. The van der Waals surface area contributed by atoms with Crippen LogP contribution in [0.3, 0.4) is 0 Å². The molecule has 0 radical (unpaired) electrons. The molecular weight excluding hydrogens is 411 g/mol. The minimum atomic E-state index is -0.318. The van der Waals surface area contributed by atoms with Crippen LogP contribution in [-0.2, 0) is 13.2 Å². The normalized spacial score (nSPS) is 14.7. The largest absolute Gasteiger partial charge is 0.486 e. The van der Waals surface area contributed by atoms with Crippen molar-refractivity contribution in [3.63, 3.8) is 0 Å². The molecule has 3 aromatic heterocycles. The average molecular weight is 434 g/mol. The van der Waals surface area contributed by atoms with E-state index in [1.165, 1.54) is 12.1 Å². The van der Waals surface area contributed by atoms with Gasteiger partial charge in [0.2, 0.25) is 0 Å². The zero-order chi connectivity index (χ0) is 21.9. The van der Waals surface area contributed by atoms with E-state index in [-0.39, 0.29) is 18.3 Å². The minimum Gasteiger partial charge on any atom is -0.486 e. The van der Waals surface area contributed by atoms with E-state index < -0.39 is 0 Å². The van der Waals surface area contributed by atoms with Gasteiger partial charge in [-0.05, 0) is 48.5 Å². The lowest BCUT2D eigenvalue weighted by atomic mass is 10.2. The van der Waals surface area contributed by atoms with E-state index in [2.05, 4.69) is 9.88 Å². The standard InChI is InChI=1S/C24H23FN4O3/c25-18-4-6-20(7-5-18)31-17-21-8-9-22(32-21)24(30)28-13-11-27(12-14-28)15-19-16-29-10-2-1-3-23(29)26-19/h1-10,16H,11-15,17H2. The molecule has 1 saturated heterocycles. The predicted molar refractivity (Wildman–Crippen MR) is 116 cm³/mol. The van der Waals surface area contributed by atoms with E-state index in [9.17, 15) is 9.18 Å². The fourth-order valence-corrected chi connectivity index (χ4v) is 3.81. The Labute approximate surface area is 184 Å². The molecule has 1 amide bonds. The van der Waals surface area contributed by atoms with Gasteiger partial charge >= 0.3 is 0 Å². The molecule has 0 unspecified atom stereocenters. The van der Waals surface area contributed by atoms with Crippen molar-refractivity contribution in [3.05, 3.63) is 90.0 Å². The van der Waals surface area contributed by atoms with Gasteiger partial charge in [-0.25, -0.2) is 9.37 Å². The average Bonchev–Trinajstić information content (AvgIpc) is 3.45. The highest BCUT2D eigenvalue weighted by molar-refractivity contribution is 5.91. The molecule has 4 aromatic rings. The molecule has 0 spiro atoms. The molecule has 164 valence electrons. The Morgan fingerprint density at radius 3 is 2.62 bits per heavy atom. The summed E-state index contributed by atoms with van der Waals surface area (Å²) in [5.74, 6) is 0.948. The highest BCUT2D eigenvalue weighted by atomic mass is 19.1. The molecule has 8 heteroatoms. The van der Waals surface area contributed by atoms with E-state index in [4.69, 9.17) is 9.15 Å². The highest BCUT2D eigenvalue weighted by Crippen LogP contribution is 2.17. The number of rotatable bonds is 6. The second-order valence-corrected chi connectivity index (χ2v) is 7.78. The van der Waals surface area contributed by atoms with Gasteiger partial charge in [-0.15, -0.1) is 0 Å². The van der Waals surface area contributed by atoms with Gasteiger partial charge in [0, 0.05) is 45.1 Å². The molecule has 0 aliphatic carbocycles. The molecule has 1 aromatic carbocycles. The number of ether oxygens (including phenoxy) is 1. The Morgan fingerprint density at radius 1 is 1.03 bits per heavy atom. The number of amides is 1. The summed E-state index contributed by atoms with van der Waals surface area (Å²) in [5, 5.41) is 0. The molecule has 0 bridgehead atoms. The van der Waals surface area contributed by atoms with Crippen molar-refractivity contribution in [1.82, 2.24) is 19.2 Å². The fourth-order valence-electron chi connectivity index (χ4n) is 3.81. The number of piperazine rings is 1. The monoisotopic (exact) mass is 434 g/mol. The van der Waals surface area contributed by atoms with Crippen LogP contribution in [0.2, 0.25) is 0 Å². The number of nitrogens with zero attached hydrogens (tertiary/aromatic N) is 4. The third kappa shape index (κ3) is 4.50. The molecule has 0 N–H and O–H groups in total. The summed E-state index contributed by atoms with van der Waals surface area (Å²) in [6.45, 7) is 3.76. The first-order valence-electron chi connectivity index (χ1n) is 10.6. The van der Waals surface area contributed by atoms with E-state index >= 15 is 0 Å². The van der Waals surface area contributed by atoms with Crippen molar-refractivity contribution in [2.45, 2.75) is 13.2 Å². The van der Waals surface area contributed by atoms with Gasteiger partial charge in [0.1, 0.15) is 29.6 Å². The Kier molecular flexibility index (Phi) is 5.60. The lowest BCUT2D eigenvalue weighted by Gasteiger charge is -2.33. The van der Waals surface area contributed by atoms with Gasteiger partial charge in [0.05, 0.1) is 5.69 Å². The highest BCUT2D eigenvalue weighted by Gasteiger charge is 2.24. The number of furan rings is 1. The fraction of sp³-hybridized carbons (Fsp3) is 0.250. The zero-order valence-corrected chi connectivity index (χ0v) is 17.5. The number of carbonyl (C=O) groups excluding carboxylic acids is 1. The smallest absolute Gasteiger partial charge is 0.289 e. The van der Waals surface area contributed by atoms with Crippen molar-refractivity contribution in [2.75, 3.05) is 26.2 Å². The second kappa shape index (κ2) is 8.84. The van der Waals surface area contributed by atoms with Crippen molar-refractivity contribution < 1.29 is 18.3 Å². The second-order valence-electron chi connectivity index (χ2n) is 7.78. The predicted octanol–water partition coefficient (Wildman–Crippen LogP) is 3.60. The zero-order valence-electron chi connectivity index (χ0n) is 17.5. The topological polar surface area (TPSA) is 63.2 Å². The van der Waals surface area contributed by atoms with Crippen molar-refractivity contribution in [2.24, 2.45) is 0 Å². The summed E-state index contributed by atoms with van der Waals surface area (Å²) in [6.07, 6.45) is 4.04. The molecule has 0 atom stereocenters. The quantitative estimate of drug-likeness (QED) is 0.464. The maximum atomic E-state index is 13.0. The van der Waals surface area contributed by atoms with Crippen LogP contribution in [0.5, 0.6) is 5.75 Å². The van der Waals surface area contributed by atoms with Crippen molar-refractivity contribution in [3.8, 4) is 5.75 Å². The van der Waals surface area contributed by atoms with Gasteiger partial charge in [-0.3, -0.25) is 9.69 Å². The van der Waals surface area contributed by atoms with Crippen LogP contribution >= 0.6 is 0 Å². The molecule has 7 nitrogen and oxygen atoms in total. The van der Waals surface area contributed by atoms with Crippen LogP contribution in [0.4, 0.5) is 4.39 Å². The third-order valence-electron chi connectivity index (χ3n) is 5.53. The van der Waals surface area contributed by atoms with Crippen LogP contribution in [0.25, 0.3) is 5.65 Å². The number of imidazole rings is 1. The van der Waals surface area contributed by atoms with Crippen molar-refractivity contribution in [1.29, 1.82) is 0 Å². The summed E-state index contributed by atoms with van der Waals surface area (Å²) in [5.41, 5.74) is 1.96. The molecular formula is C24H23FN4O3. The Balaban J connectivity index is 1.13. The van der Waals surface area contributed by atoms with Gasteiger partial charge in [0.25, 0.3) is 5.91 Å². The Hall–Kier alpha value is -3.65. The SMILES string of the molecule is O=C(c1ccc(COc2ccc(F)cc2)o1)N1CCN(Cc2cn3ccccc3n2)CC1. The summed E-state index contributed by atoms with van der Waals surface area (Å²) >= 11 is 0. The van der Waals surface area contributed by atoms with Gasteiger partial charge < -0.3 is 18.5 Å². The number of halogens is 1. The molecule has 1 aliphatic heterocycles. The van der Waals surface area contributed by atoms with E-state index in [0.29, 0.717) is 30.4 Å². The summed E-state index contributed by atoms with van der Waals surface area (Å²) in [7, 11) is 0. The molecule has 32 heavy (non-hydrogen) atoms. The van der Waals surface area contributed by atoms with E-state index in [1.807, 2.05) is 39.9 Å². The lowest BCUT2D eigenvalue weighted by molar-refractivity contribution is 0.0593. The van der Waals surface area contributed by atoms with Gasteiger partial charge in [-0.1, -0.05) is 6.07 Å². The minimum absolute atomic E-state index is 0.120. The molecule has 0 saturated carbocycles. The maximum Gasteiger partial charge on any atom is 0.289 e. The number of hydrogen-bond acceptors (Lipinski definition) is 5. The number of carbonyl (C=O) groups is 1. The Bertz CT molecular complexity index is 1180. The summed E-state index contributed by atoms with van der Waals surface area (Å²) in [6, 6.07) is 15.1. The number of fused-ring (bicyclic) bond motifs is 1. The first-order chi connectivity index (χ1) is 15.6. The summed E-state index contributed by atoms with van der Waals surface area (Å²) in [4.78, 5) is 21.6. The molecule has 4 heterocycles. The first-order valence-corrected chi connectivity index (χ1v) is 10.6. The van der Waals surface area contributed by atoms with E-state index in [0.717, 1.165) is 31.0 Å². The number of pyridine rings is 1. The van der Waals surface area contributed by atoms with Crippen LogP contribution in [0.15, 0.2) is 71.4 Å². The lowest BCUT2D eigenvalue weighted by Crippen LogP contribution is -2.48. The summed E-state index contributed by atoms with van der Waals surface area (Å²) < 4.78 is 26.3. The molecule has 5 rings (SSSR count). The molecule has 1 fully saturated rings. The maximum absolute atomic E-state index is 13.0. The van der Waals surface area contributed by atoms with Crippen molar-refractivity contribution >= 4 is 11.6 Å². The van der Waals surface area contributed by atoms with E-state index in [1.54, 1.807) is 24.3 Å². The van der Waals surface area contributed by atoms with Crippen LogP contribution in [0.1, 0.15) is 22.0 Å². The van der Waals surface area contributed by atoms with Crippen LogP contribution in [-0.4, -0.2) is 51.3 Å². The van der Waals surface area contributed by atoms with Gasteiger partial charge in [0.15, 0.2) is 5.76 Å². The first kappa shape index (κ1) is 20.3. The number of hydrogen-bond donors (Lipinski definition) is 0. The Morgan fingerprint density at radius 2 is 1.84 bits per heavy atom.